The number of ether oxygens (including phenoxy) is 1. The van der Waals surface area contributed by atoms with Gasteiger partial charge in [0.1, 0.15) is 5.75 Å². The van der Waals surface area contributed by atoms with E-state index >= 15 is 0 Å². The highest BCUT2D eigenvalue weighted by atomic mass is 35.5. The van der Waals surface area contributed by atoms with E-state index in [9.17, 15) is 9.59 Å². The molecule has 114 valence electrons. The summed E-state index contributed by atoms with van der Waals surface area (Å²) in [5.74, 6) is -0.0278. The van der Waals surface area contributed by atoms with E-state index < -0.39 is 0 Å². The van der Waals surface area contributed by atoms with Gasteiger partial charge in [-0.3, -0.25) is 9.59 Å². The van der Waals surface area contributed by atoms with Crippen LogP contribution in [-0.2, 0) is 4.79 Å². The predicted octanol–water partition coefficient (Wildman–Crippen LogP) is 2.72. The smallest absolute Gasteiger partial charge is 0.251 e. The molecule has 22 heavy (non-hydrogen) atoms. The first-order valence-electron chi connectivity index (χ1n) is 6.57. The van der Waals surface area contributed by atoms with Crippen molar-refractivity contribution in [2.75, 3.05) is 19.0 Å². The summed E-state index contributed by atoms with van der Waals surface area (Å²) in [7, 11) is 1.55. The van der Waals surface area contributed by atoms with Crippen LogP contribution in [0.2, 0.25) is 5.02 Å². The van der Waals surface area contributed by atoms with Gasteiger partial charge in [-0.05, 0) is 36.4 Å². The van der Waals surface area contributed by atoms with E-state index in [4.69, 9.17) is 16.3 Å². The van der Waals surface area contributed by atoms with Crippen molar-refractivity contribution in [3.63, 3.8) is 0 Å². The molecule has 2 rings (SSSR count). The minimum Gasteiger partial charge on any atom is -0.497 e. The maximum atomic E-state index is 11.9. The number of halogens is 1. The number of rotatable bonds is 5. The average molecular weight is 319 g/mol. The van der Waals surface area contributed by atoms with E-state index in [1.54, 1.807) is 55.6 Å². The summed E-state index contributed by atoms with van der Waals surface area (Å²) < 4.78 is 5.02. The molecule has 0 aliphatic rings. The van der Waals surface area contributed by atoms with Crippen LogP contribution in [0.5, 0.6) is 5.75 Å². The maximum Gasteiger partial charge on any atom is 0.251 e. The number of methoxy groups -OCH3 is 1. The Morgan fingerprint density at radius 3 is 2.41 bits per heavy atom. The summed E-state index contributed by atoms with van der Waals surface area (Å²) >= 11 is 5.94. The lowest BCUT2D eigenvalue weighted by Gasteiger charge is -2.08. The number of carbonyl (C=O) groups is 2. The number of hydrogen-bond acceptors (Lipinski definition) is 3. The zero-order chi connectivity index (χ0) is 15.9. The molecule has 2 aromatic carbocycles. The van der Waals surface area contributed by atoms with Gasteiger partial charge in [0, 0.05) is 5.56 Å². The Bertz CT molecular complexity index is 671. The molecule has 2 amide bonds. The molecule has 0 saturated heterocycles. The summed E-state index contributed by atoms with van der Waals surface area (Å²) in [6.45, 7) is -0.143. The molecular weight excluding hydrogens is 304 g/mol. The first kappa shape index (κ1) is 15.9. The number of hydrogen-bond donors (Lipinski definition) is 2. The zero-order valence-electron chi connectivity index (χ0n) is 11.9. The first-order chi connectivity index (χ1) is 10.6. The van der Waals surface area contributed by atoms with Crippen molar-refractivity contribution in [3.05, 3.63) is 59.1 Å². The van der Waals surface area contributed by atoms with Crippen LogP contribution in [0.1, 0.15) is 10.4 Å². The Kier molecular flexibility index (Phi) is 5.38. The Labute approximate surface area is 133 Å². The average Bonchev–Trinajstić information content (AvgIpc) is 2.55. The lowest BCUT2D eigenvalue weighted by molar-refractivity contribution is -0.115. The van der Waals surface area contributed by atoms with Gasteiger partial charge in [0.2, 0.25) is 5.91 Å². The molecule has 0 unspecified atom stereocenters. The van der Waals surface area contributed by atoms with Crippen LogP contribution in [0.15, 0.2) is 48.5 Å². The number of para-hydroxylation sites is 1. The number of amides is 2. The van der Waals surface area contributed by atoms with E-state index in [-0.39, 0.29) is 18.4 Å². The Morgan fingerprint density at radius 2 is 1.77 bits per heavy atom. The van der Waals surface area contributed by atoms with Crippen molar-refractivity contribution in [1.82, 2.24) is 5.32 Å². The molecule has 0 heterocycles. The lowest BCUT2D eigenvalue weighted by atomic mass is 10.2. The monoisotopic (exact) mass is 318 g/mol. The second kappa shape index (κ2) is 7.47. The minimum absolute atomic E-state index is 0.143. The van der Waals surface area contributed by atoms with Gasteiger partial charge in [0.15, 0.2) is 0 Å². The number of benzene rings is 2. The van der Waals surface area contributed by atoms with Gasteiger partial charge in [-0.1, -0.05) is 23.7 Å². The van der Waals surface area contributed by atoms with Gasteiger partial charge < -0.3 is 15.4 Å². The van der Waals surface area contributed by atoms with Crippen LogP contribution in [0.25, 0.3) is 0 Å². The van der Waals surface area contributed by atoms with Crippen LogP contribution in [0.4, 0.5) is 5.69 Å². The molecule has 0 fully saturated rings. The second-order valence-corrected chi connectivity index (χ2v) is 4.85. The molecule has 0 radical (unpaired) electrons. The second-order valence-electron chi connectivity index (χ2n) is 4.44. The molecule has 0 spiro atoms. The number of carbonyl (C=O) groups excluding carboxylic acids is 2. The van der Waals surface area contributed by atoms with Crippen molar-refractivity contribution in [2.24, 2.45) is 0 Å². The topological polar surface area (TPSA) is 67.4 Å². The Hall–Kier alpha value is -2.53. The fraction of sp³-hybridized carbons (Fsp3) is 0.125. The zero-order valence-corrected chi connectivity index (χ0v) is 12.7. The van der Waals surface area contributed by atoms with Gasteiger partial charge in [0.25, 0.3) is 5.91 Å². The third kappa shape index (κ3) is 4.23. The van der Waals surface area contributed by atoms with E-state index in [1.165, 1.54) is 0 Å². The highest BCUT2D eigenvalue weighted by Crippen LogP contribution is 2.20. The van der Waals surface area contributed by atoms with Crippen molar-refractivity contribution in [3.8, 4) is 5.75 Å². The van der Waals surface area contributed by atoms with Crippen LogP contribution in [0, 0.1) is 0 Å². The van der Waals surface area contributed by atoms with E-state index in [0.717, 1.165) is 0 Å². The highest BCUT2D eigenvalue weighted by Gasteiger charge is 2.09. The molecule has 2 aromatic rings. The summed E-state index contributed by atoms with van der Waals surface area (Å²) in [6.07, 6.45) is 0. The van der Waals surface area contributed by atoms with Crippen LogP contribution in [0.3, 0.4) is 0 Å². The lowest BCUT2D eigenvalue weighted by Crippen LogP contribution is -2.32. The van der Waals surface area contributed by atoms with Crippen LogP contribution in [-0.4, -0.2) is 25.5 Å². The highest BCUT2D eigenvalue weighted by molar-refractivity contribution is 6.33. The van der Waals surface area contributed by atoms with Gasteiger partial charge in [0.05, 0.1) is 24.4 Å². The Morgan fingerprint density at radius 1 is 1.09 bits per heavy atom. The molecule has 2 N–H and O–H groups in total. The van der Waals surface area contributed by atoms with Crippen molar-refractivity contribution in [2.45, 2.75) is 0 Å². The Balaban J connectivity index is 1.87. The summed E-state index contributed by atoms with van der Waals surface area (Å²) in [6, 6.07) is 13.5. The van der Waals surface area contributed by atoms with E-state index in [0.29, 0.717) is 22.0 Å². The quantitative estimate of drug-likeness (QED) is 0.890. The molecule has 6 heteroatoms. The molecule has 0 aromatic heterocycles. The minimum atomic E-state index is -0.352. The van der Waals surface area contributed by atoms with Crippen molar-refractivity contribution in [1.29, 1.82) is 0 Å². The number of nitrogens with one attached hydrogen (secondary N) is 2. The van der Waals surface area contributed by atoms with Gasteiger partial charge >= 0.3 is 0 Å². The molecule has 0 aliphatic carbocycles. The summed E-state index contributed by atoms with van der Waals surface area (Å²) in [5.41, 5.74) is 0.958. The van der Waals surface area contributed by atoms with E-state index in [2.05, 4.69) is 10.6 Å². The van der Waals surface area contributed by atoms with Gasteiger partial charge in [-0.2, -0.15) is 0 Å². The maximum absolute atomic E-state index is 11.9. The van der Waals surface area contributed by atoms with Gasteiger partial charge in [-0.25, -0.2) is 0 Å². The summed E-state index contributed by atoms with van der Waals surface area (Å²) in [4.78, 5) is 23.7. The fourth-order valence-corrected chi connectivity index (χ4v) is 1.94. The fourth-order valence-electron chi connectivity index (χ4n) is 1.76. The molecule has 0 atom stereocenters. The first-order valence-corrected chi connectivity index (χ1v) is 6.94. The molecule has 0 aliphatic heterocycles. The molecule has 0 bridgehead atoms. The third-order valence-electron chi connectivity index (χ3n) is 2.91. The van der Waals surface area contributed by atoms with E-state index in [1.807, 2.05) is 0 Å². The molecule has 0 saturated carbocycles. The SMILES string of the molecule is COc1ccc(C(=O)NCC(=O)Nc2ccccc2Cl)cc1. The van der Waals surface area contributed by atoms with Crippen LogP contribution >= 0.6 is 11.6 Å². The summed E-state index contributed by atoms with van der Waals surface area (Å²) in [5, 5.41) is 5.61. The van der Waals surface area contributed by atoms with Crippen LogP contribution < -0.4 is 15.4 Å². The number of anilines is 1. The van der Waals surface area contributed by atoms with Crippen molar-refractivity contribution >= 4 is 29.1 Å². The molecular formula is C16H15ClN2O3. The third-order valence-corrected chi connectivity index (χ3v) is 3.24. The largest absolute Gasteiger partial charge is 0.497 e. The van der Waals surface area contributed by atoms with Gasteiger partial charge in [-0.15, -0.1) is 0 Å². The van der Waals surface area contributed by atoms with Crippen molar-refractivity contribution < 1.29 is 14.3 Å². The normalized spacial score (nSPS) is 9.91. The predicted molar refractivity (Wildman–Crippen MR) is 85.4 cm³/mol. The molecule has 5 nitrogen and oxygen atoms in total. The standard InChI is InChI=1S/C16H15ClN2O3/c1-22-12-8-6-11(7-9-12)16(21)18-10-15(20)19-14-5-3-2-4-13(14)17/h2-9H,10H2,1H3,(H,18,21)(H,19,20).